The topological polar surface area (TPSA) is 58.8 Å². The van der Waals surface area contributed by atoms with E-state index in [1.807, 2.05) is 23.1 Å². The van der Waals surface area contributed by atoms with Crippen molar-refractivity contribution in [3.05, 3.63) is 29.8 Å². The van der Waals surface area contributed by atoms with E-state index in [9.17, 15) is 4.79 Å². The Morgan fingerprint density at radius 2 is 2.16 bits per heavy atom. The molecule has 1 saturated heterocycles. The molecular formula is C14H19N3O2. The molecule has 1 aromatic rings. The number of nitrogens with two attached hydrogens (primary N) is 1. The molecule has 0 saturated carbocycles. The standard InChI is InChI=1S/C14H19N3O2/c15-17-8-3-7-16(14(17)18)10-11-6-9-19-13-5-2-1-4-12(11)13/h1-2,4-5,11H,3,6-10,15H2. The monoisotopic (exact) mass is 261 g/mol. The second kappa shape index (κ2) is 5.09. The predicted octanol–water partition coefficient (Wildman–Crippen LogP) is 1.55. The van der Waals surface area contributed by atoms with Crippen LogP contribution in [0.25, 0.3) is 0 Å². The zero-order valence-corrected chi connectivity index (χ0v) is 10.9. The van der Waals surface area contributed by atoms with Crippen molar-refractivity contribution in [3.8, 4) is 5.75 Å². The van der Waals surface area contributed by atoms with Crippen molar-refractivity contribution < 1.29 is 9.53 Å². The summed E-state index contributed by atoms with van der Waals surface area (Å²) in [4.78, 5) is 13.9. The lowest BCUT2D eigenvalue weighted by Gasteiger charge is -2.36. The SMILES string of the molecule is NN1CCCN(CC2CCOc3ccccc32)C1=O. The largest absolute Gasteiger partial charge is 0.493 e. The molecule has 3 rings (SSSR count). The number of hydrogen-bond acceptors (Lipinski definition) is 3. The van der Waals surface area contributed by atoms with E-state index in [4.69, 9.17) is 10.6 Å². The molecule has 5 heteroatoms. The van der Waals surface area contributed by atoms with Gasteiger partial charge in [0.05, 0.1) is 6.61 Å². The zero-order valence-electron chi connectivity index (χ0n) is 10.9. The van der Waals surface area contributed by atoms with Crippen LogP contribution in [0.15, 0.2) is 24.3 Å². The maximum Gasteiger partial charge on any atom is 0.334 e. The minimum absolute atomic E-state index is 0.0600. The highest BCUT2D eigenvalue weighted by molar-refractivity contribution is 5.74. The van der Waals surface area contributed by atoms with Gasteiger partial charge in [-0.1, -0.05) is 18.2 Å². The van der Waals surface area contributed by atoms with Crippen molar-refractivity contribution in [2.45, 2.75) is 18.8 Å². The molecule has 2 aliphatic heterocycles. The van der Waals surface area contributed by atoms with Crippen molar-refractivity contribution in [3.63, 3.8) is 0 Å². The summed E-state index contributed by atoms with van der Waals surface area (Å²) in [6.07, 6.45) is 1.89. The van der Waals surface area contributed by atoms with Crippen LogP contribution in [0.5, 0.6) is 5.75 Å². The first kappa shape index (κ1) is 12.3. The highest BCUT2D eigenvalue weighted by Crippen LogP contribution is 2.34. The number of hydrogen-bond donors (Lipinski definition) is 1. The number of nitrogens with zero attached hydrogens (tertiary/aromatic N) is 2. The summed E-state index contributed by atoms with van der Waals surface area (Å²) in [6.45, 7) is 2.90. The van der Waals surface area contributed by atoms with E-state index in [0.29, 0.717) is 12.5 Å². The Bertz CT molecular complexity index is 478. The molecule has 0 radical (unpaired) electrons. The van der Waals surface area contributed by atoms with E-state index in [1.165, 1.54) is 10.6 Å². The van der Waals surface area contributed by atoms with E-state index in [2.05, 4.69) is 6.07 Å². The van der Waals surface area contributed by atoms with Gasteiger partial charge in [0.15, 0.2) is 0 Å². The molecule has 0 aliphatic carbocycles. The van der Waals surface area contributed by atoms with Crippen LogP contribution in [0.1, 0.15) is 24.3 Å². The van der Waals surface area contributed by atoms with E-state index in [1.54, 1.807) is 0 Å². The van der Waals surface area contributed by atoms with E-state index < -0.39 is 0 Å². The molecule has 5 nitrogen and oxygen atoms in total. The summed E-state index contributed by atoms with van der Waals surface area (Å²) < 4.78 is 5.65. The van der Waals surface area contributed by atoms with Crippen LogP contribution < -0.4 is 10.6 Å². The molecule has 1 unspecified atom stereocenters. The van der Waals surface area contributed by atoms with Crippen LogP contribution in [-0.2, 0) is 0 Å². The molecule has 0 aromatic heterocycles. The predicted molar refractivity (Wildman–Crippen MR) is 71.8 cm³/mol. The van der Waals surface area contributed by atoms with Crippen LogP contribution in [0.4, 0.5) is 4.79 Å². The molecule has 1 aromatic carbocycles. The molecule has 2 aliphatic rings. The van der Waals surface area contributed by atoms with Gasteiger partial charge in [0.2, 0.25) is 0 Å². The Morgan fingerprint density at radius 1 is 1.32 bits per heavy atom. The van der Waals surface area contributed by atoms with Crippen LogP contribution in [0.2, 0.25) is 0 Å². The Hall–Kier alpha value is -1.75. The third-order valence-corrected chi connectivity index (χ3v) is 3.87. The summed E-state index contributed by atoms with van der Waals surface area (Å²) in [6, 6.07) is 8.03. The van der Waals surface area contributed by atoms with Gasteiger partial charge in [-0.15, -0.1) is 0 Å². The molecule has 0 spiro atoms. The number of para-hydroxylation sites is 1. The van der Waals surface area contributed by atoms with Gasteiger partial charge in [0.25, 0.3) is 0 Å². The van der Waals surface area contributed by atoms with Gasteiger partial charge < -0.3 is 9.64 Å². The number of fused-ring (bicyclic) bond motifs is 1. The number of urea groups is 1. The van der Waals surface area contributed by atoms with Crippen molar-refractivity contribution in [2.75, 3.05) is 26.2 Å². The number of amides is 2. The van der Waals surface area contributed by atoms with Gasteiger partial charge in [0.1, 0.15) is 5.75 Å². The molecule has 1 atom stereocenters. The van der Waals surface area contributed by atoms with Crippen LogP contribution in [0, 0.1) is 0 Å². The summed E-state index contributed by atoms with van der Waals surface area (Å²) in [7, 11) is 0. The fourth-order valence-electron chi connectivity index (χ4n) is 2.85. The molecule has 2 N–H and O–H groups in total. The zero-order chi connectivity index (χ0) is 13.2. The number of ether oxygens (including phenoxy) is 1. The molecular weight excluding hydrogens is 242 g/mol. The maximum absolute atomic E-state index is 12.0. The van der Waals surface area contributed by atoms with Gasteiger partial charge in [-0.05, 0) is 24.5 Å². The number of hydrazine groups is 1. The van der Waals surface area contributed by atoms with Gasteiger partial charge in [-0.3, -0.25) is 5.01 Å². The third-order valence-electron chi connectivity index (χ3n) is 3.87. The van der Waals surface area contributed by atoms with E-state index in [0.717, 1.165) is 38.3 Å². The highest BCUT2D eigenvalue weighted by atomic mass is 16.5. The molecule has 0 bridgehead atoms. The van der Waals surface area contributed by atoms with Crippen molar-refractivity contribution in [1.82, 2.24) is 9.91 Å². The molecule has 102 valence electrons. The van der Waals surface area contributed by atoms with Crippen LogP contribution >= 0.6 is 0 Å². The first-order valence-corrected chi connectivity index (χ1v) is 6.78. The third kappa shape index (κ3) is 2.38. The fraction of sp³-hybridized carbons (Fsp3) is 0.500. The lowest BCUT2D eigenvalue weighted by molar-refractivity contribution is 0.122. The lowest BCUT2D eigenvalue weighted by atomic mass is 9.92. The van der Waals surface area contributed by atoms with Crippen LogP contribution in [-0.4, -0.2) is 42.2 Å². The summed E-state index contributed by atoms with van der Waals surface area (Å²) in [5.74, 6) is 6.99. The van der Waals surface area contributed by atoms with Crippen molar-refractivity contribution >= 4 is 6.03 Å². The highest BCUT2D eigenvalue weighted by Gasteiger charge is 2.29. The Morgan fingerprint density at radius 3 is 3.05 bits per heavy atom. The first-order valence-electron chi connectivity index (χ1n) is 6.78. The minimum atomic E-state index is -0.0600. The number of rotatable bonds is 2. The smallest absolute Gasteiger partial charge is 0.334 e. The number of carbonyl (C=O) groups excluding carboxylic acids is 1. The van der Waals surface area contributed by atoms with Gasteiger partial charge in [-0.25, -0.2) is 10.6 Å². The average molecular weight is 261 g/mol. The average Bonchev–Trinajstić information content (AvgIpc) is 2.44. The second-order valence-corrected chi connectivity index (χ2v) is 5.15. The van der Waals surface area contributed by atoms with Crippen molar-refractivity contribution in [1.29, 1.82) is 0 Å². The van der Waals surface area contributed by atoms with E-state index in [-0.39, 0.29) is 6.03 Å². The van der Waals surface area contributed by atoms with Gasteiger partial charge in [0, 0.05) is 25.6 Å². The number of benzene rings is 1. The molecule has 19 heavy (non-hydrogen) atoms. The van der Waals surface area contributed by atoms with Gasteiger partial charge in [-0.2, -0.15) is 0 Å². The normalized spacial score (nSPS) is 23.0. The Balaban J connectivity index is 1.76. The van der Waals surface area contributed by atoms with Crippen LogP contribution in [0.3, 0.4) is 0 Å². The Kier molecular flexibility index (Phi) is 3.29. The molecule has 1 fully saturated rings. The summed E-state index contributed by atoms with van der Waals surface area (Å²) >= 11 is 0. The fourth-order valence-corrected chi connectivity index (χ4v) is 2.85. The quantitative estimate of drug-likeness (QED) is 0.649. The lowest BCUT2D eigenvalue weighted by Crippen LogP contribution is -2.53. The van der Waals surface area contributed by atoms with Crippen molar-refractivity contribution in [2.24, 2.45) is 5.84 Å². The maximum atomic E-state index is 12.0. The molecule has 2 amide bonds. The minimum Gasteiger partial charge on any atom is -0.493 e. The Labute approximate surface area is 112 Å². The first-order chi connectivity index (χ1) is 9.25. The summed E-state index contributed by atoms with van der Waals surface area (Å²) in [5.41, 5.74) is 1.20. The second-order valence-electron chi connectivity index (χ2n) is 5.15. The number of carbonyl (C=O) groups is 1. The molecule has 2 heterocycles. The van der Waals surface area contributed by atoms with Gasteiger partial charge >= 0.3 is 6.03 Å². The van der Waals surface area contributed by atoms with E-state index >= 15 is 0 Å². The summed E-state index contributed by atoms with van der Waals surface area (Å²) in [5, 5.41) is 1.31.